The van der Waals surface area contributed by atoms with Crippen LogP contribution < -0.4 is 4.90 Å². The maximum atomic E-state index is 9.81. The topological polar surface area (TPSA) is 3.24 Å². The Morgan fingerprint density at radius 3 is 1.83 bits per heavy atom. The lowest BCUT2D eigenvalue weighted by Gasteiger charge is -2.27. The molecule has 9 aromatic carbocycles. The van der Waals surface area contributed by atoms with E-state index in [4.69, 9.17) is 11.0 Å². The van der Waals surface area contributed by atoms with Crippen molar-refractivity contribution in [3.8, 4) is 44.5 Å². The first-order valence-electron chi connectivity index (χ1n) is 24.3. The number of hydrogen-bond acceptors (Lipinski definition) is 2. The van der Waals surface area contributed by atoms with Gasteiger partial charge in [0.15, 0.2) is 0 Å². The monoisotopic (exact) mass is 719 g/mol. The molecule has 2 heteroatoms. The van der Waals surface area contributed by atoms with Crippen LogP contribution in [0.15, 0.2) is 212 Å². The van der Waals surface area contributed by atoms with Crippen LogP contribution in [0.1, 0.15) is 19.2 Å². The Kier molecular flexibility index (Phi) is 5.19. The Bertz CT molecular complexity index is 3690. The number of rotatable bonds is 7. The van der Waals surface area contributed by atoms with E-state index in [2.05, 4.69) is 0 Å². The summed E-state index contributed by atoms with van der Waals surface area (Å²) in [5.41, 5.74) is 2.59. The molecule has 0 atom stereocenters. The third-order valence-corrected chi connectivity index (χ3v) is 10.6. The molecule has 0 aliphatic heterocycles. The molecule has 0 aliphatic rings. The van der Waals surface area contributed by atoms with Gasteiger partial charge in [-0.3, -0.25) is 0 Å². The van der Waals surface area contributed by atoms with Gasteiger partial charge in [0, 0.05) is 37.2 Å². The molecule has 1 aromatic heterocycles. The van der Waals surface area contributed by atoms with Crippen LogP contribution in [0.3, 0.4) is 0 Å². The fourth-order valence-electron chi connectivity index (χ4n) is 6.89. The highest BCUT2D eigenvalue weighted by molar-refractivity contribution is 7.25. The zero-order valence-electron chi connectivity index (χ0n) is 42.5. The maximum absolute atomic E-state index is 9.81. The SMILES string of the molecule is [2H]c1cc2c(-c3c([2H])c([2H])c([2H])c([2H])c3[2H])c([2H])c(-c3c([2H])c([2H])c(N(c4ccc(-c5ccccc5)c(-c5ccccc5)c4)c4ccc5sc6ccccc6c5c4)c([2H])c3[2H])c([2H])c2c([2H])c1[2H]. The first-order chi connectivity index (χ1) is 32.6. The largest absolute Gasteiger partial charge is 0.310 e. The van der Waals surface area contributed by atoms with Gasteiger partial charge >= 0.3 is 0 Å². The fourth-order valence-corrected chi connectivity index (χ4v) is 7.97. The van der Waals surface area contributed by atoms with Gasteiger partial charge in [-0.25, -0.2) is 0 Å². The van der Waals surface area contributed by atoms with Crippen LogP contribution in [-0.4, -0.2) is 0 Å². The van der Waals surface area contributed by atoms with Crippen LogP contribution in [0.4, 0.5) is 17.1 Å². The van der Waals surface area contributed by atoms with Gasteiger partial charge in [0.2, 0.25) is 0 Å². The van der Waals surface area contributed by atoms with Crippen molar-refractivity contribution in [2.75, 3.05) is 4.90 Å². The number of benzene rings is 9. The number of fused-ring (bicyclic) bond motifs is 4. The summed E-state index contributed by atoms with van der Waals surface area (Å²) in [5, 5.41) is 1.39. The minimum absolute atomic E-state index is 0.146. The van der Waals surface area contributed by atoms with E-state index in [1.54, 1.807) is 16.2 Å². The van der Waals surface area contributed by atoms with E-state index in [1.807, 2.05) is 121 Å². The van der Waals surface area contributed by atoms with Gasteiger partial charge < -0.3 is 4.90 Å². The second kappa shape index (κ2) is 13.7. The summed E-state index contributed by atoms with van der Waals surface area (Å²) in [6, 6.07) is 31.3. The summed E-state index contributed by atoms with van der Waals surface area (Å²) < 4.78 is 129. The molecule has 0 saturated carbocycles. The molecular weight excluding hydrogens is 671 g/mol. The maximum Gasteiger partial charge on any atom is 0.0645 e. The molecule has 254 valence electrons. The smallest absolute Gasteiger partial charge is 0.0645 e. The van der Waals surface area contributed by atoms with Gasteiger partial charge in [0.25, 0.3) is 0 Å². The molecule has 54 heavy (non-hydrogen) atoms. The first-order valence-corrected chi connectivity index (χ1v) is 18.1. The lowest BCUT2D eigenvalue weighted by atomic mass is 9.92. The molecule has 1 nitrogen and oxygen atoms in total. The van der Waals surface area contributed by atoms with Crippen LogP contribution in [0.5, 0.6) is 0 Å². The Balaban J connectivity index is 1.29. The van der Waals surface area contributed by atoms with Gasteiger partial charge in [-0.05, 0) is 116 Å². The van der Waals surface area contributed by atoms with E-state index < -0.39 is 101 Å². The molecule has 0 unspecified atom stereocenters. The van der Waals surface area contributed by atoms with E-state index in [1.165, 1.54) is 0 Å². The highest BCUT2D eigenvalue weighted by atomic mass is 32.1. The van der Waals surface area contributed by atoms with Gasteiger partial charge in [-0.1, -0.05) is 151 Å². The molecule has 0 aliphatic carbocycles. The van der Waals surface area contributed by atoms with E-state index in [0.29, 0.717) is 11.4 Å². The summed E-state index contributed by atoms with van der Waals surface area (Å²) >= 11 is 1.62. The lowest BCUT2D eigenvalue weighted by molar-refractivity contribution is 1.29. The predicted molar refractivity (Wildman–Crippen MR) is 233 cm³/mol. The summed E-state index contributed by atoms with van der Waals surface area (Å²) in [6.07, 6.45) is 0. The molecule has 0 amide bonds. The summed E-state index contributed by atoms with van der Waals surface area (Å²) in [6.45, 7) is 0. The van der Waals surface area contributed by atoms with Crippen LogP contribution in [-0.2, 0) is 0 Å². The Morgan fingerprint density at radius 1 is 0.370 bits per heavy atom. The highest BCUT2D eigenvalue weighted by Gasteiger charge is 2.18. The summed E-state index contributed by atoms with van der Waals surface area (Å²) in [5.74, 6) is 0. The molecule has 10 rings (SSSR count). The molecule has 0 saturated heterocycles. The van der Waals surface area contributed by atoms with Crippen LogP contribution in [0.25, 0.3) is 75.5 Å². The van der Waals surface area contributed by atoms with E-state index in [9.17, 15) is 8.22 Å². The number of anilines is 3. The molecule has 10 aromatic rings. The quantitative estimate of drug-likeness (QED) is 0.158. The second-order valence-electron chi connectivity index (χ2n) is 12.6. The third-order valence-electron chi connectivity index (χ3n) is 9.40. The average molecular weight is 720 g/mol. The van der Waals surface area contributed by atoms with Crippen molar-refractivity contribution < 1.29 is 19.2 Å². The molecule has 0 fully saturated rings. The third kappa shape index (κ3) is 5.84. The number of hydrogen-bond donors (Lipinski definition) is 0. The lowest BCUT2D eigenvalue weighted by Crippen LogP contribution is -2.10. The molecular formula is C52H35NS. The van der Waals surface area contributed by atoms with Crippen molar-refractivity contribution in [2.45, 2.75) is 0 Å². The zero-order valence-corrected chi connectivity index (χ0v) is 29.3. The predicted octanol–water partition coefficient (Wildman–Crippen LogP) is 15.3. The van der Waals surface area contributed by atoms with Crippen molar-refractivity contribution in [1.82, 2.24) is 0 Å². The molecule has 0 N–H and O–H groups in total. The van der Waals surface area contributed by atoms with E-state index in [-0.39, 0.29) is 22.0 Å². The highest BCUT2D eigenvalue weighted by Crippen LogP contribution is 2.44. The van der Waals surface area contributed by atoms with Crippen molar-refractivity contribution in [3.63, 3.8) is 0 Å². The van der Waals surface area contributed by atoms with Gasteiger partial charge in [-0.2, -0.15) is 0 Å². The number of nitrogens with zero attached hydrogens (tertiary/aromatic N) is 1. The summed E-state index contributed by atoms with van der Waals surface area (Å²) in [4.78, 5) is 1.67. The van der Waals surface area contributed by atoms with Crippen LogP contribution in [0, 0.1) is 0 Å². The fraction of sp³-hybridized carbons (Fsp3) is 0. The van der Waals surface area contributed by atoms with E-state index >= 15 is 0 Å². The zero-order chi connectivity index (χ0) is 48.0. The van der Waals surface area contributed by atoms with Crippen LogP contribution >= 0.6 is 11.3 Å². The van der Waals surface area contributed by atoms with Gasteiger partial charge in [0.1, 0.15) is 0 Å². The standard InChI is InChI=1S/C52H35NS/c1-4-14-37(15-5-1)46-30-28-43(34-49(46)39-18-8-3-9-19-39)53(44-29-31-52-50(35-44)47-22-12-13-23-51(47)54-52)42-26-24-36(25-27-42)41-32-40-20-10-11-21-45(40)48(33-41)38-16-6-2-7-17-38/h1-35H/i2D,6D,7D,10D,11D,16D,17D,20D,24D,25D,26D,27D,32D,33D. The normalized spacial score (nSPS) is 15.0. The molecule has 1 heterocycles. The molecule has 0 spiro atoms. The van der Waals surface area contributed by atoms with Gasteiger partial charge in [0.05, 0.1) is 19.2 Å². The van der Waals surface area contributed by atoms with E-state index in [0.717, 1.165) is 48.5 Å². The summed E-state index contributed by atoms with van der Waals surface area (Å²) in [7, 11) is 0. The average Bonchev–Trinajstić information content (AvgIpc) is 3.73. The minimum Gasteiger partial charge on any atom is -0.310 e. The Hall–Kier alpha value is -6.74. The van der Waals surface area contributed by atoms with Crippen LogP contribution in [0.2, 0.25) is 0 Å². The minimum atomic E-state index is -0.728. The molecule has 0 radical (unpaired) electrons. The Labute approximate surface area is 339 Å². The second-order valence-corrected chi connectivity index (χ2v) is 13.7. The number of thiophene rings is 1. The first kappa shape index (κ1) is 20.5. The van der Waals surface area contributed by atoms with Gasteiger partial charge in [-0.15, -0.1) is 11.3 Å². The molecule has 0 bridgehead atoms. The van der Waals surface area contributed by atoms with Crippen molar-refractivity contribution in [1.29, 1.82) is 0 Å². The van der Waals surface area contributed by atoms with Crippen molar-refractivity contribution in [2.24, 2.45) is 0 Å². The Morgan fingerprint density at radius 2 is 1.04 bits per heavy atom. The van der Waals surface area contributed by atoms with Crippen molar-refractivity contribution >= 4 is 59.3 Å². The van der Waals surface area contributed by atoms with Crippen molar-refractivity contribution in [3.05, 3.63) is 212 Å².